The van der Waals surface area contributed by atoms with Gasteiger partial charge in [0.15, 0.2) is 15.0 Å². The molecule has 0 aliphatic heterocycles. The quantitative estimate of drug-likeness (QED) is 0.351. The van der Waals surface area contributed by atoms with Gasteiger partial charge in [0.2, 0.25) is 5.91 Å². The maximum atomic E-state index is 13.3. The van der Waals surface area contributed by atoms with E-state index in [0.717, 1.165) is 26.9 Å². The summed E-state index contributed by atoms with van der Waals surface area (Å²) in [6.45, 7) is 4.41. The lowest BCUT2D eigenvalue weighted by molar-refractivity contribution is -0.118. The van der Waals surface area contributed by atoms with Crippen LogP contribution in [0.25, 0.3) is 10.2 Å². The van der Waals surface area contributed by atoms with E-state index in [4.69, 9.17) is 4.98 Å². The van der Waals surface area contributed by atoms with Crippen LogP contribution in [-0.4, -0.2) is 30.0 Å². The maximum absolute atomic E-state index is 13.3. The highest BCUT2D eigenvalue weighted by molar-refractivity contribution is 7.91. The van der Waals surface area contributed by atoms with Crippen molar-refractivity contribution in [1.29, 1.82) is 0 Å². The van der Waals surface area contributed by atoms with Crippen molar-refractivity contribution in [1.82, 2.24) is 9.97 Å². The van der Waals surface area contributed by atoms with Crippen molar-refractivity contribution in [2.45, 2.75) is 38.1 Å². The predicted molar refractivity (Wildman–Crippen MR) is 132 cm³/mol. The zero-order chi connectivity index (χ0) is 23.4. The normalized spacial score (nSPS) is 11.6. The van der Waals surface area contributed by atoms with E-state index in [1.165, 1.54) is 11.3 Å². The Morgan fingerprint density at radius 1 is 1.03 bits per heavy atom. The van der Waals surface area contributed by atoms with Crippen LogP contribution in [0, 0.1) is 13.8 Å². The zero-order valence-electron chi connectivity index (χ0n) is 18.6. The van der Waals surface area contributed by atoms with E-state index in [0.29, 0.717) is 11.7 Å². The van der Waals surface area contributed by atoms with E-state index >= 15 is 0 Å². The van der Waals surface area contributed by atoms with Crippen molar-refractivity contribution < 1.29 is 13.2 Å². The standard InChI is InChI=1S/C25H25N3O3S2/c1-18-15-19(2)24-22(16-18)32-25(27-24)28(17-20-10-12-26-13-11-20)23(29)9-6-14-33(30,31)21-7-4-3-5-8-21/h3-5,7-8,10-13,15-16H,6,9,14,17H2,1-2H3. The molecule has 0 bridgehead atoms. The van der Waals surface area contributed by atoms with Crippen LogP contribution < -0.4 is 4.90 Å². The van der Waals surface area contributed by atoms with Gasteiger partial charge in [-0.05, 0) is 67.3 Å². The SMILES string of the molecule is Cc1cc(C)c2nc(N(Cc3ccncc3)C(=O)CCCS(=O)(=O)c3ccccc3)sc2c1. The molecule has 33 heavy (non-hydrogen) atoms. The second-order valence-corrected chi connectivity index (χ2v) is 11.1. The first-order valence-corrected chi connectivity index (χ1v) is 13.2. The Morgan fingerprint density at radius 3 is 2.48 bits per heavy atom. The van der Waals surface area contributed by atoms with Crippen LogP contribution in [0.3, 0.4) is 0 Å². The Hall–Kier alpha value is -3.10. The third kappa shape index (κ3) is 5.46. The number of pyridine rings is 1. The number of aromatic nitrogens is 2. The van der Waals surface area contributed by atoms with E-state index < -0.39 is 9.84 Å². The lowest BCUT2D eigenvalue weighted by atomic mass is 10.1. The van der Waals surface area contributed by atoms with E-state index in [1.807, 2.05) is 26.0 Å². The summed E-state index contributed by atoms with van der Waals surface area (Å²) in [5.41, 5.74) is 4.04. The van der Waals surface area contributed by atoms with Crippen LogP contribution in [-0.2, 0) is 21.2 Å². The summed E-state index contributed by atoms with van der Waals surface area (Å²) in [7, 11) is -3.43. The highest BCUT2D eigenvalue weighted by Crippen LogP contribution is 2.33. The van der Waals surface area contributed by atoms with E-state index in [2.05, 4.69) is 17.1 Å². The van der Waals surface area contributed by atoms with Crippen LogP contribution in [0.1, 0.15) is 29.5 Å². The van der Waals surface area contributed by atoms with Gasteiger partial charge in [-0.3, -0.25) is 14.7 Å². The second-order valence-electron chi connectivity index (χ2n) is 8.00. The molecule has 2 aromatic heterocycles. The molecule has 8 heteroatoms. The predicted octanol–water partition coefficient (Wildman–Crippen LogP) is 5.10. The number of carbonyl (C=O) groups excluding carboxylic acids is 1. The lowest BCUT2D eigenvalue weighted by Crippen LogP contribution is -2.30. The van der Waals surface area contributed by atoms with Gasteiger partial charge in [0.25, 0.3) is 0 Å². The molecule has 2 heterocycles. The Bertz CT molecular complexity index is 1370. The number of anilines is 1. The van der Waals surface area contributed by atoms with Crippen molar-refractivity contribution in [2.75, 3.05) is 10.7 Å². The number of aryl methyl sites for hydroxylation is 2. The molecule has 0 N–H and O–H groups in total. The first kappa shape index (κ1) is 23.1. The number of nitrogens with zero attached hydrogens (tertiary/aromatic N) is 3. The minimum atomic E-state index is -3.43. The fraction of sp³-hybridized carbons (Fsp3) is 0.240. The van der Waals surface area contributed by atoms with Gasteiger partial charge in [-0.15, -0.1) is 0 Å². The van der Waals surface area contributed by atoms with E-state index in [-0.39, 0.29) is 29.4 Å². The minimum Gasteiger partial charge on any atom is -0.284 e. The topological polar surface area (TPSA) is 80.2 Å². The van der Waals surface area contributed by atoms with Gasteiger partial charge in [-0.1, -0.05) is 35.6 Å². The average Bonchev–Trinajstić information content (AvgIpc) is 3.22. The highest BCUT2D eigenvalue weighted by atomic mass is 32.2. The number of benzene rings is 2. The van der Waals surface area contributed by atoms with Gasteiger partial charge in [-0.2, -0.15) is 0 Å². The fourth-order valence-electron chi connectivity index (χ4n) is 3.70. The van der Waals surface area contributed by atoms with Crippen LogP contribution in [0.2, 0.25) is 0 Å². The van der Waals surface area contributed by atoms with Crippen molar-refractivity contribution in [3.63, 3.8) is 0 Å². The van der Waals surface area contributed by atoms with Gasteiger partial charge >= 0.3 is 0 Å². The van der Waals surface area contributed by atoms with Gasteiger partial charge < -0.3 is 0 Å². The van der Waals surface area contributed by atoms with Crippen molar-refractivity contribution >= 4 is 42.4 Å². The number of hydrogen-bond acceptors (Lipinski definition) is 6. The summed E-state index contributed by atoms with van der Waals surface area (Å²) in [6, 6.07) is 16.2. The van der Waals surface area contributed by atoms with Crippen LogP contribution >= 0.6 is 11.3 Å². The summed E-state index contributed by atoms with van der Waals surface area (Å²) in [5, 5.41) is 0.617. The Balaban J connectivity index is 1.56. The van der Waals surface area contributed by atoms with Gasteiger partial charge in [-0.25, -0.2) is 13.4 Å². The van der Waals surface area contributed by atoms with Crippen LogP contribution in [0.4, 0.5) is 5.13 Å². The van der Waals surface area contributed by atoms with Crippen molar-refractivity contribution in [3.8, 4) is 0 Å². The molecule has 0 spiro atoms. The molecule has 0 radical (unpaired) electrons. The summed E-state index contributed by atoms with van der Waals surface area (Å²) >= 11 is 1.48. The number of sulfone groups is 1. The van der Waals surface area contributed by atoms with E-state index in [9.17, 15) is 13.2 Å². The smallest absolute Gasteiger partial charge is 0.229 e. The lowest BCUT2D eigenvalue weighted by Gasteiger charge is -2.20. The molecule has 0 aliphatic carbocycles. The van der Waals surface area contributed by atoms with E-state index in [1.54, 1.807) is 47.6 Å². The minimum absolute atomic E-state index is 0.0794. The molecule has 0 aliphatic rings. The zero-order valence-corrected chi connectivity index (χ0v) is 20.2. The number of amides is 1. The maximum Gasteiger partial charge on any atom is 0.229 e. The Labute approximate surface area is 197 Å². The molecule has 1 amide bonds. The first-order chi connectivity index (χ1) is 15.8. The molecular weight excluding hydrogens is 454 g/mol. The first-order valence-electron chi connectivity index (χ1n) is 10.7. The molecule has 6 nitrogen and oxygen atoms in total. The Kier molecular flexibility index (Phi) is 6.85. The van der Waals surface area contributed by atoms with Gasteiger partial charge in [0.05, 0.1) is 27.4 Å². The molecule has 2 aromatic carbocycles. The number of hydrogen-bond donors (Lipinski definition) is 0. The third-order valence-corrected chi connectivity index (χ3v) is 8.19. The molecule has 170 valence electrons. The highest BCUT2D eigenvalue weighted by Gasteiger charge is 2.22. The van der Waals surface area contributed by atoms with Crippen molar-refractivity contribution in [3.05, 3.63) is 83.7 Å². The van der Waals surface area contributed by atoms with Gasteiger partial charge in [0, 0.05) is 18.8 Å². The molecule has 0 unspecified atom stereocenters. The largest absolute Gasteiger partial charge is 0.284 e. The monoisotopic (exact) mass is 479 g/mol. The molecule has 0 saturated heterocycles. The number of thiazole rings is 1. The third-order valence-electron chi connectivity index (χ3n) is 5.35. The molecule has 4 aromatic rings. The number of rotatable bonds is 8. The molecule has 0 saturated carbocycles. The number of fused-ring (bicyclic) bond motifs is 1. The summed E-state index contributed by atoms with van der Waals surface area (Å²) in [6.07, 6.45) is 3.74. The molecule has 4 rings (SSSR count). The van der Waals surface area contributed by atoms with Crippen LogP contribution in [0.5, 0.6) is 0 Å². The fourth-order valence-corrected chi connectivity index (χ4v) is 6.19. The molecular formula is C25H25N3O3S2. The second kappa shape index (κ2) is 9.80. The summed E-state index contributed by atoms with van der Waals surface area (Å²) in [5.74, 6) is -0.229. The van der Waals surface area contributed by atoms with Crippen molar-refractivity contribution in [2.24, 2.45) is 0 Å². The van der Waals surface area contributed by atoms with Crippen LogP contribution in [0.15, 0.2) is 71.9 Å². The average molecular weight is 480 g/mol. The Morgan fingerprint density at radius 2 is 1.76 bits per heavy atom. The molecule has 0 atom stereocenters. The number of carbonyl (C=O) groups is 1. The van der Waals surface area contributed by atoms with Gasteiger partial charge in [0.1, 0.15) is 0 Å². The summed E-state index contributed by atoms with van der Waals surface area (Å²) < 4.78 is 26.2. The summed E-state index contributed by atoms with van der Waals surface area (Å²) in [4.78, 5) is 24.0. The molecule has 0 fully saturated rings.